The highest BCUT2D eigenvalue weighted by molar-refractivity contribution is 5.96. The van der Waals surface area contributed by atoms with Crippen molar-refractivity contribution >= 4 is 11.9 Å². The first kappa shape index (κ1) is 18.2. The Morgan fingerprint density at radius 2 is 1.96 bits per heavy atom. The van der Waals surface area contributed by atoms with Crippen LogP contribution < -0.4 is 0 Å². The van der Waals surface area contributed by atoms with E-state index < -0.39 is 11.5 Å². The molecule has 6 heteroatoms. The molecule has 1 aliphatic heterocycles. The van der Waals surface area contributed by atoms with E-state index in [0.717, 1.165) is 5.56 Å². The van der Waals surface area contributed by atoms with Gasteiger partial charge in [0.05, 0.1) is 18.7 Å². The maximum absolute atomic E-state index is 13.1. The lowest BCUT2D eigenvalue weighted by Gasteiger charge is -2.45. The Bertz CT molecular complexity index is 809. The molecule has 1 aliphatic rings. The number of carboxylic acids is 1. The van der Waals surface area contributed by atoms with Crippen LogP contribution in [-0.4, -0.2) is 40.6 Å². The molecule has 26 heavy (non-hydrogen) atoms. The van der Waals surface area contributed by atoms with Gasteiger partial charge < -0.3 is 19.2 Å². The van der Waals surface area contributed by atoms with E-state index in [9.17, 15) is 14.7 Å². The first-order valence-electron chi connectivity index (χ1n) is 8.68. The standard InChI is InChI=1S/C20H23NO5/c1-4-15-14(19(23)24)10-16(26-15)18(22)21-11-17(25-12-20(21,2)3)13-8-6-5-7-9-13/h5-10,17H,4,11-12H2,1-3H3,(H,23,24). The molecular formula is C20H23NO5. The van der Waals surface area contributed by atoms with Gasteiger partial charge in [-0.3, -0.25) is 4.79 Å². The molecule has 2 aromatic rings. The lowest BCUT2D eigenvalue weighted by atomic mass is 9.97. The second kappa shape index (κ2) is 6.96. The van der Waals surface area contributed by atoms with E-state index in [-0.39, 0.29) is 23.3 Å². The van der Waals surface area contributed by atoms with Crippen LogP contribution in [0.5, 0.6) is 0 Å². The molecule has 1 fully saturated rings. The third kappa shape index (κ3) is 3.37. The molecule has 0 saturated carbocycles. The van der Waals surface area contributed by atoms with Crippen LogP contribution in [0, 0.1) is 0 Å². The van der Waals surface area contributed by atoms with E-state index in [1.165, 1.54) is 6.07 Å². The van der Waals surface area contributed by atoms with Crippen molar-refractivity contribution in [2.75, 3.05) is 13.2 Å². The van der Waals surface area contributed by atoms with Gasteiger partial charge in [0.25, 0.3) is 5.91 Å². The third-order valence-electron chi connectivity index (χ3n) is 4.70. The number of carbonyl (C=O) groups is 2. The predicted octanol–water partition coefficient (Wildman–Crippen LogP) is 3.53. The Kier molecular flexibility index (Phi) is 4.87. The Morgan fingerprint density at radius 3 is 2.54 bits per heavy atom. The first-order chi connectivity index (χ1) is 12.3. The highest BCUT2D eigenvalue weighted by atomic mass is 16.5. The van der Waals surface area contributed by atoms with Crippen LogP contribution in [0.3, 0.4) is 0 Å². The van der Waals surface area contributed by atoms with Crippen LogP contribution in [0.15, 0.2) is 40.8 Å². The number of carboxylic acid groups (broad SMARTS) is 1. The molecule has 0 radical (unpaired) electrons. The Labute approximate surface area is 152 Å². The average molecular weight is 357 g/mol. The fraction of sp³-hybridized carbons (Fsp3) is 0.400. The number of ether oxygens (including phenoxy) is 1. The molecule has 1 saturated heterocycles. The lowest BCUT2D eigenvalue weighted by Crippen LogP contribution is -2.56. The van der Waals surface area contributed by atoms with Crippen LogP contribution in [0.4, 0.5) is 0 Å². The highest BCUT2D eigenvalue weighted by Crippen LogP contribution is 2.32. The van der Waals surface area contributed by atoms with Gasteiger partial charge in [-0.1, -0.05) is 37.3 Å². The van der Waals surface area contributed by atoms with E-state index in [4.69, 9.17) is 9.15 Å². The monoisotopic (exact) mass is 357 g/mol. The van der Waals surface area contributed by atoms with E-state index in [2.05, 4.69) is 0 Å². The average Bonchev–Trinajstić information content (AvgIpc) is 3.06. The summed E-state index contributed by atoms with van der Waals surface area (Å²) >= 11 is 0. The summed E-state index contributed by atoms with van der Waals surface area (Å²) in [6.07, 6.45) is 0.182. The number of carbonyl (C=O) groups excluding carboxylic acids is 1. The van der Waals surface area contributed by atoms with Gasteiger partial charge >= 0.3 is 5.97 Å². The second-order valence-corrected chi connectivity index (χ2v) is 7.04. The van der Waals surface area contributed by atoms with Gasteiger partial charge in [-0.05, 0) is 19.4 Å². The molecule has 1 unspecified atom stereocenters. The van der Waals surface area contributed by atoms with Crippen molar-refractivity contribution in [2.45, 2.75) is 38.8 Å². The number of nitrogens with zero attached hydrogens (tertiary/aromatic N) is 1. The summed E-state index contributed by atoms with van der Waals surface area (Å²) in [6, 6.07) is 11.1. The molecule has 0 bridgehead atoms. The smallest absolute Gasteiger partial charge is 0.339 e. The van der Waals surface area contributed by atoms with Crippen molar-refractivity contribution in [2.24, 2.45) is 0 Å². The van der Waals surface area contributed by atoms with Gasteiger partial charge in [0.15, 0.2) is 5.76 Å². The minimum atomic E-state index is -1.09. The van der Waals surface area contributed by atoms with Crippen molar-refractivity contribution in [3.63, 3.8) is 0 Å². The molecule has 138 valence electrons. The van der Waals surface area contributed by atoms with Gasteiger partial charge in [-0.25, -0.2) is 4.79 Å². The van der Waals surface area contributed by atoms with Crippen LogP contribution in [0.25, 0.3) is 0 Å². The summed E-state index contributed by atoms with van der Waals surface area (Å²) in [4.78, 5) is 26.1. The van der Waals surface area contributed by atoms with Crippen LogP contribution in [-0.2, 0) is 11.2 Å². The number of aromatic carboxylic acids is 1. The molecule has 2 heterocycles. The maximum Gasteiger partial charge on any atom is 0.339 e. The number of aryl methyl sites for hydroxylation is 1. The summed E-state index contributed by atoms with van der Waals surface area (Å²) in [6.45, 7) is 6.40. The summed E-state index contributed by atoms with van der Waals surface area (Å²) in [5.41, 5.74) is 0.521. The van der Waals surface area contributed by atoms with Crippen molar-refractivity contribution < 1.29 is 23.8 Å². The second-order valence-electron chi connectivity index (χ2n) is 7.04. The summed E-state index contributed by atoms with van der Waals surface area (Å²) in [7, 11) is 0. The summed E-state index contributed by atoms with van der Waals surface area (Å²) in [5, 5.41) is 9.29. The molecule has 1 aromatic heterocycles. The number of hydrogen-bond acceptors (Lipinski definition) is 4. The van der Waals surface area contributed by atoms with Crippen molar-refractivity contribution in [3.8, 4) is 0 Å². The molecule has 1 atom stereocenters. The number of rotatable bonds is 4. The molecular weight excluding hydrogens is 334 g/mol. The number of morpholine rings is 1. The summed E-state index contributed by atoms with van der Waals surface area (Å²) < 4.78 is 11.5. The molecule has 6 nitrogen and oxygen atoms in total. The SMILES string of the molecule is CCc1oc(C(=O)N2CC(c3ccccc3)OCC2(C)C)cc1C(=O)O. The zero-order valence-electron chi connectivity index (χ0n) is 15.2. The van der Waals surface area contributed by atoms with Gasteiger partial charge in [0.1, 0.15) is 17.4 Å². The largest absolute Gasteiger partial charge is 0.478 e. The minimum absolute atomic E-state index is 0.0431. The van der Waals surface area contributed by atoms with Crippen molar-refractivity contribution in [1.29, 1.82) is 0 Å². The first-order valence-corrected chi connectivity index (χ1v) is 8.68. The number of hydrogen-bond donors (Lipinski definition) is 1. The normalized spacial score (nSPS) is 19.3. The quantitative estimate of drug-likeness (QED) is 0.905. The third-order valence-corrected chi connectivity index (χ3v) is 4.70. The van der Waals surface area contributed by atoms with Crippen LogP contribution in [0.2, 0.25) is 0 Å². The van der Waals surface area contributed by atoms with Gasteiger partial charge in [0, 0.05) is 12.5 Å². The Morgan fingerprint density at radius 1 is 1.27 bits per heavy atom. The summed E-state index contributed by atoms with van der Waals surface area (Å²) in [5.74, 6) is -1.04. The van der Waals surface area contributed by atoms with E-state index in [1.807, 2.05) is 44.2 Å². The zero-order chi connectivity index (χ0) is 18.9. The highest BCUT2D eigenvalue weighted by Gasteiger charge is 2.40. The predicted molar refractivity (Wildman–Crippen MR) is 95.3 cm³/mol. The fourth-order valence-electron chi connectivity index (χ4n) is 3.19. The van der Waals surface area contributed by atoms with Crippen LogP contribution in [0.1, 0.15) is 59.1 Å². The van der Waals surface area contributed by atoms with Gasteiger partial charge in [-0.15, -0.1) is 0 Å². The molecule has 1 aromatic carbocycles. The van der Waals surface area contributed by atoms with Crippen LogP contribution >= 0.6 is 0 Å². The fourth-order valence-corrected chi connectivity index (χ4v) is 3.19. The molecule has 1 N–H and O–H groups in total. The molecule has 0 aliphatic carbocycles. The molecule has 1 amide bonds. The molecule has 0 spiro atoms. The number of benzene rings is 1. The van der Waals surface area contributed by atoms with Gasteiger partial charge in [0.2, 0.25) is 0 Å². The lowest BCUT2D eigenvalue weighted by molar-refractivity contribution is -0.0854. The minimum Gasteiger partial charge on any atom is -0.478 e. The topological polar surface area (TPSA) is 80.0 Å². The number of amides is 1. The Balaban J connectivity index is 1.89. The Hall–Kier alpha value is -2.60. The zero-order valence-corrected chi connectivity index (χ0v) is 15.2. The van der Waals surface area contributed by atoms with E-state index in [1.54, 1.807) is 11.8 Å². The maximum atomic E-state index is 13.1. The number of furan rings is 1. The molecule has 3 rings (SSSR count). The van der Waals surface area contributed by atoms with Gasteiger partial charge in [-0.2, -0.15) is 0 Å². The van der Waals surface area contributed by atoms with Crippen molar-refractivity contribution in [3.05, 3.63) is 59.0 Å². The van der Waals surface area contributed by atoms with E-state index >= 15 is 0 Å². The van der Waals surface area contributed by atoms with E-state index in [0.29, 0.717) is 25.3 Å². The van der Waals surface area contributed by atoms with Crippen molar-refractivity contribution in [1.82, 2.24) is 4.90 Å².